The van der Waals surface area contributed by atoms with Gasteiger partial charge in [-0.25, -0.2) is 4.79 Å². The van der Waals surface area contributed by atoms with E-state index >= 15 is 0 Å². The summed E-state index contributed by atoms with van der Waals surface area (Å²) >= 11 is 0.985. The molecule has 0 spiro atoms. The van der Waals surface area contributed by atoms with Crippen molar-refractivity contribution in [1.82, 2.24) is 23.7 Å². The lowest BCUT2D eigenvalue weighted by atomic mass is 10.2. The average molecular weight is 428 g/mol. The van der Waals surface area contributed by atoms with Gasteiger partial charge in [-0.05, 0) is 23.5 Å². The van der Waals surface area contributed by atoms with Crippen LogP contribution in [0.2, 0.25) is 0 Å². The van der Waals surface area contributed by atoms with Crippen molar-refractivity contribution >= 4 is 28.5 Å². The Morgan fingerprint density at radius 2 is 1.87 bits per heavy atom. The second-order valence-corrected chi connectivity index (χ2v) is 8.30. The molecule has 1 fully saturated rings. The van der Waals surface area contributed by atoms with Crippen LogP contribution >= 0.6 is 11.5 Å². The van der Waals surface area contributed by atoms with E-state index in [0.717, 1.165) is 44.0 Å². The molecule has 1 aromatic carbocycles. The first-order valence-electron chi connectivity index (χ1n) is 10.3. The number of hydrogen-bond donors (Lipinski definition) is 1. The fourth-order valence-electron chi connectivity index (χ4n) is 3.71. The number of hydrogen-bond acceptors (Lipinski definition) is 6. The number of amides is 1. The number of nitrogens with zero attached hydrogens (tertiary/aromatic N) is 4. The summed E-state index contributed by atoms with van der Waals surface area (Å²) in [6.45, 7) is 5.96. The summed E-state index contributed by atoms with van der Waals surface area (Å²) in [5.41, 5.74) is 0.775. The second-order valence-electron chi connectivity index (χ2n) is 7.53. The van der Waals surface area contributed by atoms with E-state index in [-0.39, 0.29) is 16.9 Å². The van der Waals surface area contributed by atoms with E-state index < -0.39 is 11.2 Å². The van der Waals surface area contributed by atoms with Crippen molar-refractivity contribution in [3.8, 4) is 0 Å². The number of benzene rings is 1. The number of aromatic amines is 1. The molecule has 158 valence electrons. The summed E-state index contributed by atoms with van der Waals surface area (Å²) < 4.78 is 5.36. The van der Waals surface area contributed by atoms with Crippen LogP contribution < -0.4 is 11.2 Å². The highest BCUT2D eigenvalue weighted by Crippen LogP contribution is 2.20. The van der Waals surface area contributed by atoms with Crippen LogP contribution in [0.1, 0.15) is 35.0 Å². The first-order chi connectivity index (χ1) is 14.6. The number of carbonyl (C=O) groups excluding carboxylic acids is 1. The number of fused-ring (bicyclic) bond motifs is 1. The summed E-state index contributed by atoms with van der Waals surface area (Å²) in [5, 5.41) is 0. The van der Waals surface area contributed by atoms with Gasteiger partial charge in [-0.15, -0.1) is 0 Å². The molecule has 3 heterocycles. The molecule has 9 heteroatoms. The van der Waals surface area contributed by atoms with Gasteiger partial charge in [-0.2, -0.15) is 4.37 Å². The molecule has 0 saturated carbocycles. The highest BCUT2D eigenvalue weighted by molar-refractivity contribution is 7.09. The van der Waals surface area contributed by atoms with Crippen molar-refractivity contribution in [3.63, 3.8) is 0 Å². The van der Waals surface area contributed by atoms with E-state index in [1.165, 1.54) is 10.1 Å². The topological polar surface area (TPSA) is 91.3 Å². The Hall–Kier alpha value is -2.78. The van der Waals surface area contributed by atoms with Crippen LogP contribution in [0.3, 0.4) is 0 Å². The van der Waals surface area contributed by atoms with Gasteiger partial charge in [0.2, 0.25) is 0 Å². The zero-order valence-electron chi connectivity index (χ0n) is 17.0. The van der Waals surface area contributed by atoms with E-state index in [2.05, 4.69) is 26.4 Å². The Labute approximate surface area is 177 Å². The Kier molecular flexibility index (Phi) is 6.10. The SMILES string of the molecule is CCCCn1c(=O)[nH]c2c(C(=O)N3CCN(Cc4ccccc4)CC3)snc2c1=O. The van der Waals surface area contributed by atoms with Gasteiger partial charge in [0.05, 0.1) is 5.52 Å². The molecule has 0 atom stereocenters. The third kappa shape index (κ3) is 4.08. The van der Waals surface area contributed by atoms with Gasteiger partial charge < -0.3 is 9.88 Å². The Bertz CT molecular complexity index is 1140. The molecule has 1 saturated heterocycles. The summed E-state index contributed by atoms with van der Waals surface area (Å²) in [6.07, 6.45) is 1.61. The monoisotopic (exact) mass is 427 g/mol. The molecule has 1 N–H and O–H groups in total. The number of rotatable bonds is 6. The molecule has 1 aliphatic rings. The number of carbonyl (C=O) groups is 1. The highest BCUT2D eigenvalue weighted by Gasteiger charge is 2.26. The lowest BCUT2D eigenvalue weighted by Gasteiger charge is -2.34. The summed E-state index contributed by atoms with van der Waals surface area (Å²) in [6, 6.07) is 10.3. The maximum absolute atomic E-state index is 13.1. The Morgan fingerprint density at radius 1 is 1.13 bits per heavy atom. The number of nitrogens with one attached hydrogen (secondary N) is 1. The standard InChI is InChI=1S/C21H25N5O3S/c1-2-3-9-26-19(27)17-16(22-21(26)29)18(30-23-17)20(28)25-12-10-24(11-13-25)14-15-7-5-4-6-8-15/h4-8H,2-3,9-14H2,1H3,(H,22,29). The van der Waals surface area contributed by atoms with Crippen LogP contribution in [-0.2, 0) is 13.1 Å². The molecule has 3 aromatic rings. The van der Waals surface area contributed by atoms with Gasteiger partial charge in [0, 0.05) is 39.3 Å². The van der Waals surface area contributed by atoms with Crippen LogP contribution in [0.5, 0.6) is 0 Å². The number of piperazine rings is 1. The average Bonchev–Trinajstić information content (AvgIpc) is 3.18. The molecule has 0 radical (unpaired) electrons. The summed E-state index contributed by atoms with van der Waals surface area (Å²) in [7, 11) is 0. The van der Waals surface area contributed by atoms with Crippen molar-refractivity contribution in [2.75, 3.05) is 26.2 Å². The predicted molar refractivity (Wildman–Crippen MR) is 117 cm³/mol. The Morgan fingerprint density at radius 3 is 2.57 bits per heavy atom. The van der Waals surface area contributed by atoms with E-state index in [1.54, 1.807) is 4.90 Å². The second kappa shape index (κ2) is 8.93. The zero-order chi connectivity index (χ0) is 21.1. The molecule has 0 aliphatic carbocycles. The lowest BCUT2D eigenvalue weighted by Crippen LogP contribution is -2.48. The highest BCUT2D eigenvalue weighted by atomic mass is 32.1. The molecule has 0 unspecified atom stereocenters. The molecule has 2 aromatic heterocycles. The van der Waals surface area contributed by atoms with Gasteiger partial charge in [-0.1, -0.05) is 43.7 Å². The predicted octanol–water partition coefficient (Wildman–Crippen LogP) is 1.90. The van der Waals surface area contributed by atoms with Crippen molar-refractivity contribution in [2.24, 2.45) is 0 Å². The molecule has 0 bridgehead atoms. The fraction of sp³-hybridized carbons (Fsp3) is 0.429. The van der Waals surface area contributed by atoms with Gasteiger partial charge in [0.15, 0.2) is 5.52 Å². The minimum Gasteiger partial charge on any atom is -0.335 e. The van der Waals surface area contributed by atoms with E-state index in [1.807, 2.05) is 25.1 Å². The van der Waals surface area contributed by atoms with Gasteiger partial charge in [-0.3, -0.25) is 19.1 Å². The number of aromatic nitrogens is 3. The number of unbranched alkanes of at least 4 members (excludes halogenated alkanes) is 1. The van der Waals surface area contributed by atoms with Gasteiger partial charge >= 0.3 is 5.69 Å². The van der Waals surface area contributed by atoms with E-state index in [0.29, 0.717) is 24.5 Å². The zero-order valence-corrected chi connectivity index (χ0v) is 17.8. The van der Waals surface area contributed by atoms with Crippen LogP contribution in [0.15, 0.2) is 39.9 Å². The van der Waals surface area contributed by atoms with Gasteiger partial charge in [0.1, 0.15) is 4.88 Å². The minimum absolute atomic E-state index is 0.168. The van der Waals surface area contributed by atoms with Crippen LogP contribution in [0, 0.1) is 0 Å². The third-order valence-electron chi connectivity index (χ3n) is 5.45. The smallest absolute Gasteiger partial charge is 0.328 e. The lowest BCUT2D eigenvalue weighted by molar-refractivity contribution is 0.0634. The molecule has 4 rings (SSSR count). The van der Waals surface area contributed by atoms with E-state index in [4.69, 9.17) is 0 Å². The molecule has 30 heavy (non-hydrogen) atoms. The molecular formula is C21H25N5O3S. The first kappa shape index (κ1) is 20.5. The van der Waals surface area contributed by atoms with Gasteiger partial charge in [0.25, 0.3) is 11.5 Å². The van der Waals surface area contributed by atoms with E-state index in [9.17, 15) is 14.4 Å². The molecule has 1 amide bonds. The van der Waals surface area contributed by atoms with Crippen molar-refractivity contribution < 1.29 is 4.79 Å². The maximum Gasteiger partial charge on any atom is 0.328 e. The number of H-pyrrole nitrogens is 1. The van der Waals surface area contributed by atoms with Crippen LogP contribution in [-0.4, -0.2) is 55.8 Å². The summed E-state index contributed by atoms with van der Waals surface area (Å²) in [5.74, 6) is -0.178. The summed E-state index contributed by atoms with van der Waals surface area (Å²) in [4.78, 5) is 45.2. The molecule has 1 aliphatic heterocycles. The fourth-order valence-corrected chi connectivity index (χ4v) is 4.50. The molecular weight excluding hydrogens is 402 g/mol. The van der Waals surface area contributed by atoms with Crippen LogP contribution in [0.4, 0.5) is 0 Å². The van der Waals surface area contributed by atoms with Crippen molar-refractivity contribution in [2.45, 2.75) is 32.9 Å². The normalized spacial score (nSPS) is 15.0. The first-order valence-corrected chi connectivity index (χ1v) is 11.0. The maximum atomic E-state index is 13.1. The quantitative estimate of drug-likeness (QED) is 0.649. The van der Waals surface area contributed by atoms with Crippen molar-refractivity contribution in [3.05, 3.63) is 61.6 Å². The third-order valence-corrected chi connectivity index (χ3v) is 6.29. The largest absolute Gasteiger partial charge is 0.335 e. The Balaban J connectivity index is 1.49. The molecule has 8 nitrogen and oxygen atoms in total. The minimum atomic E-state index is -0.483. The van der Waals surface area contributed by atoms with Crippen LogP contribution in [0.25, 0.3) is 11.0 Å². The van der Waals surface area contributed by atoms with Crippen molar-refractivity contribution in [1.29, 1.82) is 0 Å².